The fourth-order valence-corrected chi connectivity index (χ4v) is 2.52. The Morgan fingerprint density at radius 1 is 1.14 bits per heavy atom. The van der Waals surface area contributed by atoms with E-state index in [1.807, 2.05) is 0 Å². The second kappa shape index (κ2) is 6.33. The zero-order chi connectivity index (χ0) is 15.6. The molecule has 0 amide bonds. The molecule has 0 spiro atoms. The predicted molar refractivity (Wildman–Crippen MR) is 79.8 cm³/mol. The van der Waals surface area contributed by atoms with Crippen LogP contribution in [0.4, 0.5) is 4.39 Å². The van der Waals surface area contributed by atoms with Gasteiger partial charge < -0.3 is 14.6 Å². The summed E-state index contributed by atoms with van der Waals surface area (Å²) in [5.41, 5.74) is 1.82. The van der Waals surface area contributed by atoms with Gasteiger partial charge >= 0.3 is 0 Å². The summed E-state index contributed by atoms with van der Waals surface area (Å²) in [4.78, 5) is 0. The number of benzene rings is 2. The summed E-state index contributed by atoms with van der Waals surface area (Å²) in [6, 6.07) is 7.50. The SMILES string of the molecule is COc1cc(C(O)c2ccc(F)cc2C)cc(Cl)c1OC. The zero-order valence-electron chi connectivity index (χ0n) is 12.0. The van der Waals surface area contributed by atoms with Crippen LogP contribution < -0.4 is 9.47 Å². The molecule has 1 atom stereocenters. The topological polar surface area (TPSA) is 38.7 Å². The van der Waals surface area contributed by atoms with Crippen LogP contribution >= 0.6 is 11.6 Å². The lowest BCUT2D eigenvalue weighted by molar-refractivity contribution is 0.218. The summed E-state index contributed by atoms with van der Waals surface area (Å²) >= 11 is 6.13. The molecule has 0 aromatic heterocycles. The Balaban J connectivity index is 2.48. The van der Waals surface area contributed by atoms with Gasteiger partial charge in [0.1, 0.15) is 11.9 Å². The van der Waals surface area contributed by atoms with Crippen LogP contribution in [-0.4, -0.2) is 19.3 Å². The van der Waals surface area contributed by atoms with E-state index in [1.54, 1.807) is 25.1 Å². The maximum atomic E-state index is 13.2. The quantitative estimate of drug-likeness (QED) is 0.931. The van der Waals surface area contributed by atoms with E-state index in [-0.39, 0.29) is 5.82 Å². The van der Waals surface area contributed by atoms with Gasteiger partial charge in [0.15, 0.2) is 11.5 Å². The summed E-state index contributed by atoms with van der Waals surface area (Å²) in [5.74, 6) is 0.499. The van der Waals surface area contributed by atoms with E-state index in [9.17, 15) is 9.50 Å². The van der Waals surface area contributed by atoms with Gasteiger partial charge in [0.05, 0.1) is 19.2 Å². The molecule has 2 aromatic carbocycles. The minimum atomic E-state index is -0.928. The van der Waals surface area contributed by atoms with Crippen LogP contribution in [0.25, 0.3) is 0 Å². The highest BCUT2D eigenvalue weighted by Crippen LogP contribution is 2.39. The number of aryl methyl sites for hydroxylation is 1. The van der Waals surface area contributed by atoms with Crippen molar-refractivity contribution in [2.24, 2.45) is 0 Å². The highest BCUT2D eigenvalue weighted by Gasteiger charge is 2.18. The predicted octanol–water partition coefficient (Wildman–Crippen LogP) is 3.89. The summed E-state index contributed by atoms with van der Waals surface area (Å²) in [7, 11) is 2.98. The molecule has 1 N–H and O–H groups in total. The van der Waals surface area contributed by atoms with E-state index >= 15 is 0 Å². The van der Waals surface area contributed by atoms with Crippen molar-refractivity contribution in [2.45, 2.75) is 13.0 Å². The molecule has 3 nitrogen and oxygen atoms in total. The lowest BCUT2D eigenvalue weighted by atomic mass is 9.97. The molecule has 0 fully saturated rings. The van der Waals surface area contributed by atoms with Gasteiger partial charge in [0, 0.05) is 0 Å². The Kier molecular flexibility index (Phi) is 4.70. The molecule has 0 saturated heterocycles. The van der Waals surface area contributed by atoms with Gasteiger partial charge in [-0.25, -0.2) is 4.39 Å². The van der Waals surface area contributed by atoms with Gasteiger partial charge in [0.25, 0.3) is 0 Å². The molecule has 1 unspecified atom stereocenters. The second-order valence-corrected chi connectivity index (χ2v) is 5.05. The van der Waals surface area contributed by atoms with E-state index in [0.717, 1.165) is 0 Å². The molecule has 0 heterocycles. The Morgan fingerprint density at radius 2 is 1.86 bits per heavy atom. The summed E-state index contributed by atoms with van der Waals surface area (Å²) in [6.45, 7) is 1.74. The minimum Gasteiger partial charge on any atom is -0.493 e. The average molecular weight is 311 g/mol. The summed E-state index contributed by atoms with van der Waals surface area (Å²) in [5, 5.41) is 10.8. The van der Waals surface area contributed by atoms with E-state index in [2.05, 4.69) is 0 Å². The van der Waals surface area contributed by atoms with E-state index in [0.29, 0.717) is 33.2 Å². The smallest absolute Gasteiger partial charge is 0.179 e. The Bertz CT molecular complexity index is 658. The summed E-state index contributed by atoms with van der Waals surface area (Å²) < 4.78 is 23.5. The van der Waals surface area contributed by atoms with Crippen molar-refractivity contribution in [1.82, 2.24) is 0 Å². The minimum absolute atomic E-state index is 0.339. The van der Waals surface area contributed by atoms with Gasteiger partial charge in [-0.1, -0.05) is 17.7 Å². The zero-order valence-corrected chi connectivity index (χ0v) is 12.7. The number of hydrogen-bond acceptors (Lipinski definition) is 3. The van der Waals surface area contributed by atoms with Crippen molar-refractivity contribution >= 4 is 11.6 Å². The first-order chi connectivity index (χ1) is 9.97. The number of rotatable bonds is 4. The monoisotopic (exact) mass is 310 g/mol. The van der Waals surface area contributed by atoms with E-state index < -0.39 is 6.10 Å². The van der Waals surface area contributed by atoms with Gasteiger partial charge in [-0.15, -0.1) is 0 Å². The van der Waals surface area contributed by atoms with Crippen LogP contribution in [0.15, 0.2) is 30.3 Å². The van der Waals surface area contributed by atoms with Crippen LogP contribution in [0.3, 0.4) is 0 Å². The van der Waals surface area contributed by atoms with Crippen molar-refractivity contribution in [1.29, 1.82) is 0 Å². The van der Waals surface area contributed by atoms with Gasteiger partial charge in [-0.3, -0.25) is 0 Å². The van der Waals surface area contributed by atoms with Gasteiger partial charge in [-0.05, 0) is 47.9 Å². The first-order valence-corrected chi connectivity index (χ1v) is 6.71. The van der Waals surface area contributed by atoms with Crippen molar-refractivity contribution in [3.05, 3.63) is 57.9 Å². The molecule has 2 rings (SSSR count). The Labute approximate surface area is 127 Å². The van der Waals surface area contributed by atoms with Crippen LogP contribution in [0, 0.1) is 12.7 Å². The molecule has 21 heavy (non-hydrogen) atoms. The lowest BCUT2D eigenvalue weighted by Gasteiger charge is -2.17. The number of halogens is 2. The summed E-state index contributed by atoms with van der Waals surface area (Å²) in [6.07, 6.45) is -0.928. The molecule has 0 radical (unpaired) electrons. The third-order valence-electron chi connectivity index (χ3n) is 3.30. The molecule has 0 bridgehead atoms. The molecule has 0 saturated carbocycles. The number of aliphatic hydroxyl groups excluding tert-OH is 1. The highest BCUT2D eigenvalue weighted by molar-refractivity contribution is 6.32. The number of aliphatic hydroxyl groups is 1. The fourth-order valence-electron chi connectivity index (χ4n) is 2.22. The van der Waals surface area contributed by atoms with E-state index in [1.165, 1.54) is 26.4 Å². The molecular weight excluding hydrogens is 295 g/mol. The number of ether oxygens (including phenoxy) is 2. The lowest BCUT2D eigenvalue weighted by Crippen LogP contribution is -2.04. The van der Waals surface area contributed by atoms with Crippen molar-refractivity contribution in [3.63, 3.8) is 0 Å². The standard InChI is InChI=1S/C16H16ClFO3/c1-9-6-11(18)4-5-12(9)15(19)10-7-13(17)16(21-3)14(8-10)20-2/h4-8,15,19H,1-3H3. The maximum absolute atomic E-state index is 13.2. The fraction of sp³-hybridized carbons (Fsp3) is 0.250. The second-order valence-electron chi connectivity index (χ2n) is 4.64. The molecule has 0 aliphatic heterocycles. The average Bonchev–Trinajstić information content (AvgIpc) is 2.45. The van der Waals surface area contributed by atoms with Crippen LogP contribution in [0.1, 0.15) is 22.8 Å². The normalized spacial score (nSPS) is 12.1. The molecule has 5 heteroatoms. The first kappa shape index (κ1) is 15.6. The molecule has 112 valence electrons. The third kappa shape index (κ3) is 3.12. The third-order valence-corrected chi connectivity index (χ3v) is 3.58. The van der Waals surface area contributed by atoms with Gasteiger partial charge in [0.2, 0.25) is 0 Å². The molecule has 0 aliphatic carbocycles. The van der Waals surface area contributed by atoms with E-state index in [4.69, 9.17) is 21.1 Å². The van der Waals surface area contributed by atoms with Crippen molar-refractivity contribution in [2.75, 3.05) is 14.2 Å². The Morgan fingerprint density at radius 3 is 2.43 bits per heavy atom. The Hall–Kier alpha value is -1.78. The molecule has 0 aliphatic rings. The molecule has 2 aromatic rings. The van der Waals surface area contributed by atoms with Gasteiger partial charge in [-0.2, -0.15) is 0 Å². The van der Waals surface area contributed by atoms with Crippen LogP contribution in [0.5, 0.6) is 11.5 Å². The number of methoxy groups -OCH3 is 2. The van der Waals surface area contributed by atoms with Crippen molar-refractivity contribution in [3.8, 4) is 11.5 Å². The molecular formula is C16H16ClFO3. The van der Waals surface area contributed by atoms with Crippen LogP contribution in [0.2, 0.25) is 5.02 Å². The maximum Gasteiger partial charge on any atom is 0.179 e. The largest absolute Gasteiger partial charge is 0.493 e. The van der Waals surface area contributed by atoms with Crippen LogP contribution in [-0.2, 0) is 0 Å². The van der Waals surface area contributed by atoms with Crippen molar-refractivity contribution < 1.29 is 19.0 Å². The first-order valence-electron chi connectivity index (χ1n) is 6.33. The number of hydrogen-bond donors (Lipinski definition) is 1. The highest BCUT2D eigenvalue weighted by atomic mass is 35.5.